The zero-order chi connectivity index (χ0) is 26.3. The third-order valence-electron chi connectivity index (χ3n) is 5.66. The molecule has 1 aliphatic rings. The average molecular weight is 631 g/mol. The molecule has 1 heterocycles. The van der Waals surface area contributed by atoms with E-state index in [2.05, 4.69) is 22.6 Å². The molecule has 0 saturated carbocycles. The monoisotopic (exact) mass is 630 g/mol. The van der Waals surface area contributed by atoms with Gasteiger partial charge in [0.05, 0.1) is 25.2 Å². The highest BCUT2D eigenvalue weighted by Crippen LogP contribution is 2.32. The molecule has 0 unspecified atom stereocenters. The van der Waals surface area contributed by atoms with Gasteiger partial charge in [-0.1, -0.05) is 12.1 Å². The lowest BCUT2D eigenvalue weighted by molar-refractivity contribution is -0.151. The number of carbonyl (C=O) groups excluding carboxylic acids is 1. The maximum atomic E-state index is 13.1. The fraction of sp³-hybridized carbons (Fsp3) is 0.400. The number of carbonyl (C=O) groups is 1. The molecular formula is C25H31IN2O7S. The Kier molecular flexibility index (Phi) is 10.1. The van der Waals surface area contributed by atoms with Crippen molar-refractivity contribution < 1.29 is 32.5 Å². The molecule has 2 atom stereocenters. The highest BCUT2D eigenvalue weighted by molar-refractivity contribution is 14.1. The molecule has 3 rings (SSSR count). The summed E-state index contributed by atoms with van der Waals surface area (Å²) in [6.45, 7) is -0.403. The van der Waals surface area contributed by atoms with E-state index in [0.29, 0.717) is 12.2 Å². The third-order valence-corrected chi connectivity index (χ3v) is 8.30. The van der Waals surface area contributed by atoms with E-state index in [1.807, 2.05) is 24.3 Å². The number of hydrogen-bond acceptors (Lipinski definition) is 7. The van der Waals surface area contributed by atoms with Crippen LogP contribution >= 0.6 is 22.6 Å². The second-order valence-electron chi connectivity index (χ2n) is 8.35. The van der Waals surface area contributed by atoms with Gasteiger partial charge in [0.2, 0.25) is 16.3 Å². The number of halogens is 1. The number of sulfonamides is 1. The molecular weight excluding hydrogens is 599 g/mol. The number of ether oxygens (including phenoxy) is 3. The number of nitrogens with zero attached hydrogens (tertiary/aromatic N) is 2. The molecule has 2 aromatic rings. The fourth-order valence-corrected chi connectivity index (χ4v) is 5.49. The quantitative estimate of drug-likeness (QED) is 0.381. The van der Waals surface area contributed by atoms with Crippen LogP contribution in [0.15, 0.2) is 65.3 Å². The van der Waals surface area contributed by atoms with Crippen molar-refractivity contribution >= 4 is 38.5 Å². The average Bonchev–Trinajstić information content (AvgIpc) is 2.87. The SMILES string of the molecule is COc1ccc(S(=O)(=O)N(CCO)CCO[C@H]2C[C@@H](c3ccc(I)cc3)C=C(C(=O)N(C)C)O2)cc1. The van der Waals surface area contributed by atoms with Crippen LogP contribution in [-0.4, -0.2) is 82.4 Å². The largest absolute Gasteiger partial charge is 0.497 e. The van der Waals surface area contributed by atoms with E-state index in [1.165, 1.54) is 24.1 Å². The van der Waals surface area contributed by atoms with Gasteiger partial charge < -0.3 is 24.2 Å². The van der Waals surface area contributed by atoms with Crippen LogP contribution in [0.2, 0.25) is 0 Å². The highest BCUT2D eigenvalue weighted by Gasteiger charge is 2.30. The first-order valence-corrected chi connectivity index (χ1v) is 13.9. The summed E-state index contributed by atoms with van der Waals surface area (Å²) in [5.74, 6) is 0.358. The predicted octanol–water partition coefficient (Wildman–Crippen LogP) is 2.80. The maximum Gasteiger partial charge on any atom is 0.288 e. The van der Waals surface area contributed by atoms with Gasteiger partial charge in [0.25, 0.3) is 5.91 Å². The number of hydrogen-bond donors (Lipinski definition) is 1. The van der Waals surface area contributed by atoms with Crippen molar-refractivity contribution in [1.82, 2.24) is 9.21 Å². The van der Waals surface area contributed by atoms with E-state index in [-0.39, 0.29) is 48.8 Å². The van der Waals surface area contributed by atoms with Crippen LogP contribution in [0.5, 0.6) is 5.75 Å². The Morgan fingerprint density at radius 3 is 2.36 bits per heavy atom. The molecule has 0 aliphatic carbocycles. The van der Waals surface area contributed by atoms with Crippen molar-refractivity contribution in [3.63, 3.8) is 0 Å². The van der Waals surface area contributed by atoms with Crippen LogP contribution in [0, 0.1) is 3.57 Å². The minimum Gasteiger partial charge on any atom is -0.497 e. The summed E-state index contributed by atoms with van der Waals surface area (Å²) >= 11 is 2.24. The van der Waals surface area contributed by atoms with Crippen molar-refractivity contribution in [2.24, 2.45) is 0 Å². The number of benzene rings is 2. The second-order valence-corrected chi connectivity index (χ2v) is 11.5. The van der Waals surface area contributed by atoms with Crippen LogP contribution in [0.25, 0.3) is 0 Å². The Morgan fingerprint density at radius 2 is 1.78 bits per heavy atom. The first-order chi connectivity index (χ1) is 17.1. The molecule has 36 heavy (non-hydrogen) atoms. The van der Waals surface area contributed by atoms with Gasteiger partial charge in [-0.2, -0.15) is 4.31 Å². The van der Waals surface area contributed by atoms with Gasteiger partial charge in [-0.25, -0.2) is 8.42 Å². The van der Waals surface area contributed by atoms with Crippen molar-refractivity contribution in [3.05, 3.63) is 69.5 Å². The normalized spacial score (nSPS) is 17.9. The first-order valence-electron chi connectivity index (χ1n) is 11.4. The summed E-state index contributed by atoms with van der Waals surface area (Å²) < 4.78 is 45.3. The summed E-state index contributed by atoms with van der Waals surface area (Å²) in [5, 5.41) is 9.46. The summed E-state index contributed by atoms with van der Waals surface area (Å²) in [6.07, 6.45) is 1.53. The number of rotatable bonds is 11. The molecule has 9 nitrogen and oxygen atoms in total. The van der Waals surface area contributed by atoms with Crippen LogP contribution in [0.3, 0.4) is 0 Å². The Bertz CT molecular complexity index is 1150. The summed E-state index contributed by atoms with van der Waals surface area (Å²) in [5.41, 5.74) is 1.03. The summed E-state index contributed by atoms with van der Waals surface area (Å²) in [6, 6.07) is 14.1. The molecule has 0 aromatic heterocycles. The lowest BCUT2D eigenvalue weighted by Gasteiger charge is -2.31. The smallest absolute Gasteiger partial charge is 0.288 e. The number of aliphatic hydroxyl groups excluding tert-OH is 1. The molecule has 0 spiro atoms. The van der Waals surface area contributed by atoms with Gasteiger partial charge in [-0.3, -0.25) is 4.79 Å². The molecule has 196 valence electrons. The molecule has 0 saturated heterocycles. The van der Waals surface area contributed by atoms with Crippen molar-refractivity contribution in [3.8, 4) is 5.75 Å². The van der Waals surface area contributed by atoms with Gasteiger partial charge in [0.15, 0.2) is 5.76 Å². The number of amides is 1. The third kappa shape index (κ3) is 7.19. The van der Waals surface area contributed by atoms with E-state index in [0.717, 1.165) is 13.4 Å². The predicted molar refractivity (Wildman–Crippen MR) is 143 cm³/mol. The van der Waals surface area contributed by atoms with Crippen LogP contribution in [-0.2, 0) is 24.3 Å². The maximum absolute atomic E-state index is 13.1. The van der Waals surface area contributed by atoms with E-state index < -0.39 is 16.3 Å². The van der Waals surface area contributed by atoms with E-state index >= 15 is 0 Å². The van der Waals surface area contributed by atoms with Crippen LogP contribution in [0.1, 0.15) is 17.9 Å². The summed E-state index contributed by atoms with van der Waals surface area (Å²) in [4.78, 5) is 14.2. The van der Waals surface area contributed by atoms with Crippen LogP contribution in [0.4, 0.5) is 0 Å². The Hall–Kier alpha value is -2.19. The zero-order valence-electron chi connectivity index (χ0n) is 20.5. The van der Waals surface area contributed by atoms with E-state index in [1.54, 1.807) is 32.3 Å². The van der Waals surface area contributed by atoms with Gasteiger partial charge in [0.1, 0.15) is 5.75 Å². The molecule has 2 aromatic carbocycles. The zero-order valence-corrected chi connectivity index (χ0v) is 23.4. The standard InChI is InChI=1S/C25H31IN2O7S/c1-27(2)25(30)23-16-19(18-4-6-20(26)7-5-18)17-24(35-23)34-15-13-28(12-14-29)36(31,32)22-10-8-21(33-3)9-11-22/h4-11,16,19,24,29H,12-15,17H2,1-3H3/t19-,24+/m0/s1. The number of aliphatic hydroxyl groups is 1. The molecule has 1 amide bonds. The van der Waals surface area contributed by atoms with Crippen molar-refractivity contribution in [2.45, 2.75) is 23.5 Å². The molecule has 11 heteroatoms. The molecule has 0 radical (unpaired) electrons. The lowest BCUT2D eigenvalue weighted by Crippen LogP contribution is -2.38. The second kappa shape index (κ2) is 12.9. The Morgan fingerprint density at radius 1 is 1.11 bits per heavy atom. The molecule has 1 N–H and O–H groups in total. The topological polar surface area (TPSA) is 106 Å². The summed E-state index contributed by atoms with van der Waals surface area (Å²) in [7, 11) is 0.935. The fourth-order valence-electron chi connectivity index (χ4n) is 3.72. The van der Waals surface area contributed by atoms with Crippen molar-refractivity contribution in [2.75, 3.05) is 47.5 Å². The van der Waals surface area contributed by atoms with Gasteiger partial charge in [0, 0.05) is 43.1 Å². The minimum absolute atomic E-state index is 0.00363. The Labute approximate surface area is 225 Å². The highest BCUT2D eigenvalue weighted by atomic mass is 127. The van der Waals surface area contributed by atoms with Crippen LogP contribution < -0.4 is 4.74 Å². The molecule has 1 aliphatic heterocycles. The van der Waals surface area contributed by atoms with Gasteiger partial charge in [-0.05, 0) is 70.6 Å². The number of allylic oxidation sites excluding steroid dienone is 1. The number of likely N-dealkylation sites (N-methyl/N-ethyl adjacent to an activating group) is 1. The molecule has 0 bridgehead atoms. The number of methoxy groups -OCH3 is 1. The van der Waals surface area contributed by atoms with E-state index in [9.17, 15) is 18.3 Å². The lowest BCUT2D eigenvalue weighted by atomic mass is 9.93. The van der Waals surface area contributed by atoms with Crippen molar-refractivity contribution in [1.29, 1.82) is 0 Å². The first kappa shape index (κ1) is 28.4. The van der Waals surface area contributed by atoms with Gasteiger partial charge in [-0.15, -0.1) is 0 Å². The van der Waals surface area contributed by atoms with E-state index in [4.69, 9.17) is 14.2 Å². The molecule has 0 fully saturated rings. The van der Waals surface area contributed by atoms with Gasteiger partial charge >= 0.3 is 0 Å². The minimum atomic E-state index is -3.86. The Balaban J connectivity index is 1.71.